The Hall–Kier alpha value is -2.67. The van der Waals surface area contributed by atoms with Gasteiger partial charge in [0.15, 0.2) is 0 Å². The number of H-pyrrole nitrogens is 1. The second-order valence-corrected chi connectivity index (χ2v) is 5.85. The number of nitrogens with zero attached hydrogens (tertiary/aromatic N) is 2. The molecule has 0 aliphatic carbocycles. The quantitative estimate of drug-likeness (QED) is 0.567. The monoisotopic (exact) mass is 343 g/mol. The molecule has 0 amide bonds. The zero-order chi connectivity index (χ0) is 16.9. The molecule has 2 heterocycles. The van der Waals surface area contributed by atoms with E-state index < -0.39 is 0 Å². The van der Waals surface area contributed by atoms with Crippen molar-refractivity contribution in [2.75, 3.05) is 12.9 Å². The highest BCUT2D eigenvalue weighted by molar-refractivity contribution is 8.00. The van der Waals surface area contributed by atoms with Crippen LogP contribution >= 0.6 is 11.8 Å². The van der Waals surface area contributed by atoms with Crippen LogP contribution < -0.4 is 0 Å². The van der Waals surface area contributed by atoms with Gasteiger partial charge in [0, 0.05) is 23.5 Å². The molecule has 122 valence electrons. The van der Waals surface area contributed by atoms with Crippen LogP contribution in [0.25, 0.3) is 22.4 Å². The van der Waals surface area contributed by atoms with E-state index >= 15 is 0 Å². The van der Waals surface area contributed by atoms with Gasteiger partial charge < -0.3 is 4.74 Å². The van der Waals surface area contributed by atoms with E-state index in [1.807, 2.05) is 12.1 Å². The molecule has 0 aliphatic heterocycles. The number of thioether (sulfide) groups is 1. The highest BCUT2D eigenvalue weighted by Crippen LogP contribution is 2.37. The summed E-state index contributed by atoms with van der Waals surface area (Å²) in [6.07, 6.45) is 3.37. The third-order valence-electron chi connectivity index (χ3n) is 3.39. The van der Waals surface area contributed by atoms with Crippen LogP contribution in [0.2, 0.25) is 0 Å². The van der Waals surface area contributed by atoms with Crippen molar-refractivity contribution in [3.05, 3.63) is 54.6 Å². The van der Waals surface area contributed by atoms with Crippen molar-refractivity contribution in [3.63, 3.8) is 0 Å². The molecule has 1 aromatic carbocycles. The van der Waals surface area contributed by atoms with Crippen molar-refractivity contribution in [3.8, 4) is 22.4 Å². The van der Waals surface area contributed by atoms with Crippen LogP contribution in [0.4, 0.5) is 4.39 Å². The molecule has 7 heteroatoms. The number of aromatic amines is 1. The van der Waals surface area contributed by atoms with Gasteiger partial charge in [0.25, 0.3) is 0 Å². The lowest BCUT2D eigenvalue weighted by molar-refractivity contribution is -0.137. The molecule has 0 spiro atoms. The van der Waals surface area contributed by atoms with Gasteiger partial charge in [-0.3, -0.25) is 14.9 Å². The van der Waals surface area contributed by atoms with E-state index in [1.165, 1.54) is 31.0 Å². The molecule has 5 nitrogen and oxygen atoms in total. The predicted molar refractivity (Wildman–Crippen MR) is 90.0 cm³/mol. The third-order valence-corrected chi connectivity index (χ3v) is 4.34. The van der Waals surface area contributed by atoms with E-state index in [1.54, 1.807) is 24.5 Å². The van der Waals surface area contributed by atoms with Gasteiger partial charge in [-0.25, -0.2) is 4.39 Å². The first kappa shape index (κ1) is 16.2. The van der Waals surface area contributed by atoms with Gasteiger partial charge in [0.05, 0.1) is 18.6 Å². The highest BCUT2D eigenvalue weighted by Gasteiger charge is 2.18. The summed E-state index contributed by atoms with van der Waals surface area (Å²) in [7, 11) is 1.35. The lowest BCUT2D eigenvalue weighted by Gasteiger charge is -2.06. The molecule has 1 N–H and O–H groups in total. The van der Waals surface area contributed by atoms with Crippen molar-refractivity contribution in [2.45, 2.75) is 5.03 Å². The molecule has 24 heavy (non-hydrogen) atoms. The fourth-order valence-electron chi connectivity index (χ4n) is 2.23. The number of benzene rings is 1. The average molecular weight is 343 g/mol. The smallest absolute Gasteiger partial charge is 0.316 e. The summed E-state index contributed by atoms with van der Waals surface area (Å²) in [5, 5.41) is 7.97. The number of aromatic nitrogens is 3. The Morgan fingerprint density at radius 3 is 2.54 bits per heavy atom. The van der Waals surface area contributed by atoms with E-state index in [-0.39, 0.29) is 17.5 Å². The number of ether oxygens (including phenoxy) is 1. The van der Waals surface area contributed by atoms with Gasteiger partial charge in [-0.15, -0.1) is 0 Å². The average Bonchev–Trinajstić information content (AvgIpc) is 3.05. The topological polar surface area (TPSA) is 67.9 Å². The molecule has 0 atom stereocenters. The van der Waals surface area contributed by atoms with Gasteiger partial charge in [0.1, 0.15) is 10.8 Å². The standard InChI is InChI=1S/C17H14FN3O2S/c1-23-14(22)10-24-17-15(11-6-8-19-9-7-11)16(20-21-17)12-2-4-13(18)5-3-12/h2-9H,10H2,1H3,(H,20,21). The second kappa shape index (κ2) is 7.27. The molecular formula is C17H14FN3O2S. The molecule has 0 bridgehead atoms. The van der Waals surface area contributed by atoms with Crippen molar-refractivity contribution in [1.29, 1.82) is 0 Å². The van der Waals surface area contributed by atoms with Gasteiger partial charge >= 0.3 is 5.97 Å². The van der Waals surface area contributed by atoms with Crippen molar-refractivity contribution < 1.29 is 13.9 Å². The fourth-order valence-corrected chi connectivity index (χ4v) is 3.07. The molecule has 0 unspecified atom stereocenters. The zero-order valence-corrected chi connectivity index (χ0v) is 13.6. The number of esters is 1. The van der Waals surface area contributed by atoms with Crippen LogP contribution in [0.5, 0.6) is 0 Å². The van der Waals surface area contributed by atoms with E-state index in [4.69, 9.17) is 0 Å². The van der Waals surface area contributed by atoms with Crippen LogP contribution in [-0.2, 0) is 9.53 Å². The third kappa shape index (κ3) is 3.46. The molecule has 0 aliphatic rings. The van der Waals surface area contributed by atoms with Crippen LogP contribution in [0.15, 0.2) is 53.8 Å². The normalized spacial score (nSPS) is 10.6. The summed E-state index contributed by atoms with van der Waals surface area (Å²) in [4.78, 5) is 15.4. The summed E-state index contributed by atoms with van der Waals surface area (Å²) >= 11 is 1.28. The van der Waals surface area contributed by atoms with Crippen molar-refractivity contribution >= 4 is 17.7 Å². The number of methoxy groups -OCH3 is 1. The summed E-state index contributed by atoms with van der Waals surface area (Å²) in [6, 6.07) is 9.88. The molecule has 3 aromatic rings. The minimum absolute atomic E-state index is 0.155. The minimum atomic E-state index is -0.327. The first-order chi connectivity index (χ1) is 11.7. The van der Waals surface area contributed by atoms with E-state index in [0.717, 1.165) is 22.4 Å². The minimum Gasteiger partial charge on any atom is -0.468 e. The second-order valence-electron chi connectivity index (χ2n) is 4.89. The van der Waals surface area contributed by atoms with Crippen molar-refractivity contribution in [2.24, 2.45) is 0 Å². The highest BCUT2D eigenvalue weighted by atomic mass is 32.2. The molecular weight excluding hydrogens is 329 g/mol. The van der Waals surface area contributed by atoms with Gasteiger partial charge in [-0.1, -0.05) is 11.8 Å². The lowest BCUT2D eigenvalue weighted by Crippen LogP contribution is -2.03. The number of nitrogens with one attached hydrogen (secondary N) is 1. The number of hydrogen-bond acceptors (Lipinski definition) is 5. The lowest BCUT2D eigenvalue weighted by atomic mass is 10.0. The van der Waals surface area contributed by atoms with Gasteiger partial charge in [-0.2, -0.15) is 5.10 Å². The SMILES string of the molecule is COC(=O)CSc1n[nH]c(-c2ccc(F)cc2)c1-c1ccncc1. The molecule has 2 aromatic heterocycles. The maximum atomic E-state index is 13.2. The number of pyridine rings is 1. The summed E-state index contributed by atoms with van der Waals surface area (Å²) in [5.41, 5.74) is 3.32. The summed E-state index contributed by atoms with van der Waals surface area (Å²) in [5.74, 6) is -0.474. The summed E-state index contributed by atoms with van der Waals surface area (Å²) in [6.45, 7) is 0. The van der Waals surface area contributed by atoms with Crippen LogP contribution in [0, 0.1) is 5.82 Å². The van der Waals surface area contributed by atoms with E-state index in [9.17, 15) is 9.18 Å². The molecule has 0 saturated heterocycles. The Morgan fingerprint density at radius 1 is 1.17 bits per heavy atom. The van der Waals surface area contributed by atoms with Gasteiger partial charge in [-0.05, 0) is 42.0 Å². The number of carbonyl (C=O) groups is 1. The molecule has 0 saturated carbocycles. The Labute approximate surface area is 142 Å². The number of halogens is 1. The number of rotatable bonds is 5. The molecule has 0 radical (unpaired) electrons. The maximum Gasteiger partial charge on any atom is 0.316 e. The predicted octanol–water partition coefficient (Wildman–Crippen LogP) is 3.54. The molecule has 3 rings (SSSR count). The number of hydrogen-bond donors (Lipinski definition) is 1. The molecule has 0 fully saturated rings. The first-order valence-electron chi connectivity index (χ1n) is 7.13. The maximum absolute atomic E-state index is 13.2. The Kier molecular flexibility index (Phi) is 4.90. The van der Waals surface area contributed by atoms with Crippen LogP contribution in [0.1, 0.15) is 0 Å². The summed E-state index contributed by atoms with van der Waals surface area (Å²) < 4.78 is 17.9. The first-order valence-corrected chi connectivity index (χ1v) is 8.12. The Balaban J connectivity index is 2.04. The van der Waals surface area contributed by atoms with Gasteiger partial charge in [0.2, 0.25) is 0 Å². The zero-order valence-electron chi connectivity index (χ0n) is 12.8. The van der Waals surface area contributed by atoms with E-state index in [0.29, 0.717) is 5.03 Å². The number of carbonyl (C=O) groups excluding carboxylic acids is 1. The van der Waals surface area contributed by atoms with Crippen molar-refractivity contribution in [1.82, 2.24) is 15.2 Å². The Morgan fingerprint density at radius 2 is 1.88 bits per heavy atom. The van der Waals surface area contributed by atoms with Crippen LogP contribution in [-0.4, -0.2) is 34.0 Å². The largest absolute Gasteiger partial charge is 0.468 e. The van der Waals surface area contributed by atoms with Crippen LogP contribution in [0.3, 0.4) is 0 Å². The van der Waals surface area contributed by atoms with E-state index in [2.05, 4.69) is 19.9 Å². The fraction of sp³-hybridized carbons (Fsp3) is 0.118. The Bertz CT molecular complexity index is 835.